The lowest BCUT2D eigenvalue weighted by molar-refractivity contribution is -0.385. The molecule has 0 fully saturated rings. The molecule has 0 unspecified atom stereocenters. The van der Waals surface area contributed by atoms with Crippen molar-refractivity contribution in [3.8, 4) is 11.5 Å². The van der Waals surface area contributed by atoms with Crippen molar-refractivity contribution in [3.05, 3.63) is 63.2 Å². The largest absolute Gasteiger partial charge is 0.457 e. The predicted molar refractivity (Wildman–Crippen MR) is 75.0 cm³/mol. The highest BCUT2D eigenvalue weighted by Crippen LogP contribution is 2.31. The molecule has 5 nitrogen and oxygen atoms in total. The Bertz CT molecular complexity index is 635. The molecule has 0 heterocycles. The highest BCUT2D eigenvalue weighted by molar-refractivity contribution is 5.50. The van der Waals surface area contributed by atoms with Crippen LogP contribution in [0.15, 0.2) is 36.4 Å². The van der Waals surface area contributed by atoms with Gasteiger partial charge in [-0.15, -0.1) is 0 Å². The average molecular weight is 273 g/mol. The van der Waals surface area contributed by atoms with Crippen LogP contribution in [0.3, 0.4) is 0 Å². The van der Waals surface area contributed by atoms with Gasteiger partial charge in [-0.25, -0.2) is 0 Å². The number of nitro benzene ring substituents is 1. The molecule has 2 aromatic rings. The Morgan fingerprint density at radius 1 is 1.15 bits per heavy atom. The molecule has 0 saturated carbocycles. The molecule has 0 radical (unpaired) electrons. The molecule has 1 N–H and O–H groups in total. The van der Waals surface area contributed by atoms with Gasteiger partial charge in [0.1, 0.15) is 11.5 Å². The average Bonchev–Trinajstić information content (AvgIpc) is 2.43. The van der Waals surface area contributed by atoms with Crippen LogP contribution >= 0.6 is 0 Å². The summed E-state index contributed by atoms with van der Waals surface area (Å²) in [6.07, 6.45) is 0. The van der Waals surface area contributed by atoms with E-state index in [1.54, 1.807) is 44.2 Å². The molecule has 5 heteroatoms. The van der Waals surface area contributed by atoms with E-state index in [0.29, 0.717) is 22.6 Å². The summed E-state index contributed by atoms with van der Waals surface area (Å²) in [5.74, 6) is 1.21. The summed E-state index contributed by atoms with van der Waals surface area (Å²) >= 11 is 0. The van der Waals surface area contributed by atoms with E-state index in [4.69, 9.17) is 9.84 Å². The molecule has 0 amide bonds. The Morgan fingerprint density at radius 2 is 1.80 bits per heavy atom. The van der Waals surface area contributed by atoms with Crippen molar-refractivity contribution in [3.63, 3.8) is 0 Å². The Kier molecular flexibility index (Phi) is 4.00. The van der Waals surface area contributed by atoms with Gasteiger partial charge in [0.15, 0.2) is 0 Å². The molecule has 0 atom stereocenters. The monoisotopic (exact) mass is 273 g/mol. The maximum Gasteiger partial charge on any atom is 0.272 e. The maximum absolute atomic E-state index is 10.9. The van der Waals surface area contributed by atoms with Crippen LogP contribution < -0.4 is 4.74 Å². The Morgan fingerprint density at radius 3 is 2.35 bits per heavy atom. The second-order valence-corrected chi connectivity index (χ2v) is 4.57. The van der Waals surface area contributed by atoms with E-state index in [9.17, 15) is 10.1 Å². The summed E-state index contributed by atoms with van der Waals surface area (Å²) in [4.78, 5) is 10.5. The van der Waals surface area contributed by atoms with Gasteiger partial charge in [0.2, 0.25) is 0 Å². The van der Waals surface area contributed by atoms with Crippen molar-refractivity contribution in [2.24, 2.45) is 0 Å². The van der Waals surface area contributed by atoms with Crippen molar-refractivity contribution in [1.29, 1.82) is 0 Å². The zero-order valence-corrected chi connectivity index (χ0v) is 11.3. The molecule has 104 valence electrons. The van der Waals surface area contributed by atoms with Crippen molar-refractivity contribution >= 4 is 5.69 Å². The quantitative estimate of drug-likeness (QED) is 0.683. The number of rotatable bonds is 4. The van der Waals surface area contributed by atoms with Gasteiger partial charge in [0.05, 0.1) is 11.5 Å². The van der Waals surface area contributed by atoms with Gasteiger partial charge in [-0.05, 0) is 43.2 Å². The van der Waals surface area contributed by atoms with Crippen LogP contribution in [0.2, 0.25) is 0 Å². The van der Waals surface area contributed by atoms with Crippen LogP contribution in [0.4, 0.5) is 5.69 Å². The first-order valence-corrected chi connectivity index (χ1v) is 6.14. The number of benzene rings is 2. The molecular formula is C15H15NO4. The topological polar surface area (TPSA) is 72.6 Å². The molecule has 0 aromatic heterocycles. The maximum atomic E-state index is 10.9. The minimum absolute atomic E-state index is 0.0179. The van der Waals surface area contributed by atoms with E-state index in [2.05, 4.69) is 0 Å². The van der Waals surface area contributed by atoms with Gasteiger partial charge in [-0.2, -0.15) is 0 Å². The zero-order chi connectivity index (χ0) is 14.7. The number of ether oxygens (including phenoxy) is 1. The van der Waals surface area contributed by atoms with E-state index >= 15 is 0 Å². The minimum atomic E-state index is -0.401. The predicted octanol–water partition coefficient (Wildman–Crippen LogP) is 3.50. The fourth-order valence-corrected chi connectivity index (χ4v) is 1.87. The van der Waals surface area contributed by atoms with Crippen LogP contribution in [-0.4, -0.2) is 10.0 Å². The number of nitrogens with zero attached hydrogens (tertiary/aromatic N) is 1. The summed E-state index contributed by atoms with van der Waals surface area (Å²) in [7, 11) is 0. The van der Waals surface area contributed by atoms with Crippen LogP contribution in [0.5, 0.6) is 11.5 Å². The summed E-state index contributed by atoms with van der Waals surface area (Å²) in [6.45, 7) is 3.43. The van der Waals surface area contributed by atoms with E-state index in [1.807, 2.05) is 0 Å². The van der Waals surface area contributed by atoms with Crippen LogP contribution in [0.1, 0.15) is 16.7 Å². The van der Waals surface area contributed by atoms with Crippen LogP contribution in [0.25, 0.3) is 0 Å². The van der Waals surface area contributed by atoms with Crippen molar-refractivity contribution in [1.82, 2.24) is 0 Å². The lowest BCUT2D eigenvalue weighted by Crippen LogP contribution is -1.95. The molecule has 2 aromatic carbocycles. The molecule has 0 spiro atoms. The Hall–Kier alpha value is -2.40. The summed E-state index contributed by atoms with van der Waals surface area (Å²) in [5, 5.41) is 19.8. The smallest absolute Gasteiger partial charge is 0.272 e. The second-order valence-electron chi connectivity index (χ2n) is 4.57. The van der Waals surface area contributed by atoms with Crippen LogP contribution in [0, 0.1) is 24.0 Å². The molecule has 0 aliphatic rings. The molecule has 20 heavy (non-hydrogen) atoms. The third-order valence-corrected chi connectivity index (χ3v) is 3.02. The standard InChI is InChI=1S/C15H15NO4/c1-10-8-15(11(2)7-14(10)16(18)19)20-13-5-3-12(9-17)4-6-13/h3-8,17H,9H2,1-2H3. The number of hydrogen-bond acceptors (Lipinski definition) is 4. The number of aliphatic hydroxyl groups excluding tert-OH is 1. The minimum Gasteiger partial charge on any atom is -0.457 e. The van der Waals surface area contributed by atoms with Gasteiger partial charge >= 0.3 is 0 Å². The van der Waals surface area contributed by atoms with Crippen molar-refractivity contribution < 1.29 is 14.8 Å². The first kappa shape index (κ1) is 14.0. The van der Waals surface area contributed by atoms with Crippen molar-refractivity contribution in [2.75, 3.05) is 0 Å². The Labute approximate surface area is 116 Å². The van der Waals surface area contributed by atoms with Gasteiger partial charge in [-0.3, -0.25) is 10.1 Å². The van der Waals surface area contributed by atoms with Gasteiger partial charge in [0.25, 0.3) is 5.69 Å². The normalized spacial score (nSPS) is 10.3. The fourth-order valence-electron chi connectivity index (χ4n) is 1.87. The molecule has 0 bridgehead atoms. The molecule has 0 saturated heterocycles. The molecule has 0 aliphatic carbocycles. The van der Waals surface area contributed by atoms with Gasteiger partial charge in [-0.1, -0.05) is 12.1 Å². The Balaban J connectivity index is 2.29. The molecule has 2 rings (SSSR count). The number of hydrogen-bond donors (Lipinski definition) is 1. The number of aliphatic hydroxyl groups is 1. The molecular weight excluding hydrogens is 258 g/mol. The molecule has 0 aliphatic heterocycles. The highest BCUT2D eigenvalue weighted by Gasteiger charge is 2.14. The lowest BCUT2D eigenvalue weighted by Gasteiger charge is -2.10. The third kappa shape index (κ3) is 2.95. The van der Waals surface area contributed by atoms with E-state index < -0.39 is 4.92 Å². The first-order valence-electron chi connectivity index (χ1n) is 6.14. The van der Waals surface area contributed by atoms with E-state index in [0.717, 1.165) is 5.56 Å². The second kappa shape index (κ2) is 5.71. The van der Waals surface area contributed by atoms with Gasteiger partial charge < -0.3 is 9.84 Å². The number of nitro groups is 1. The van der Waals surface area contributed by atoms with E-state index in [1.165, 1.54) is 6.07 Å². The van der Waals surface area contributed by atoms with Gasteiger partial charge in [0, 0.05) is 11.6 Å². The van der Waals surface area contributed by atoms with Crippen LogP contribution in [-0.2, 0) is 6.61 Å². The first-order chi connectivity index (χ1) is 9.51. The van der Waals surface area contributed by atoms with E-state index in [-0.39, 0.29) is 12.3 Å². The summed E-state index contributed by atoms with van der Waals surface area (Å²) in [6, 6.07) is 10.2. The summed E-state index contributed by atoms with van der Waals surface area (Å²) in [5.41, 5.74) is 2.15. The van der Waals surface area contributed by atoms with Crippen molar-refractivity contribution in [2.45, 2.75) is 20.5 Å². The summed E-state index contributed by atoms with van der Waals surface area (Å²) < 4.78 is 5.72. The number of aryl methyl sites for hydroxylation is 2. The third-order valence-electron chi connectivity index (χ3n) is 3.02. The fraction of sp³-hybridized carbons (Fsp3) is 0.200. The highest BCUT2D eigenvalue weighted by atomic mass is 16.6. The lowest BCUT2D eigenvalue weighted by atomic mass is 10.1. The SMILES string of the molecule is Cc1cc([N+](=O)[O-])c(C)cc1Oc1ccc(CO)cc1. The zero-order valence-electron chi connectivity index (χ0n) is 11.3.